The molecule has 0 heterocycles. The van der Waals surface area contributed by atoms with Crippen molar-refractivity contribution in [2.45, 2.75) is 20.0 Å². The molecule has 0 radical (unpaired) electrons. The van der Waals surface area contributed by atoms with E-state index in [4.69, 9.17) is 9.84 Å². The van der Waals surface area contributed by atoms with Gasteiger partial charge in [0.05, 0.1) is 19.3 Å². The van der Waals surface area contributed by atoms with Gasteiger partial charge < -0.3 is 20.3 Å². The zero-order valence-electron chi connectivity index (χ0n) is 10.6. The van der Waals surface area contributed by atoms with Crippen molar-refractivity contribution in [3.8, 4) is 5.75 Å². The van der Waals surface area contributed by atoms with Gasteiger partial charge in [0.15, 0.2) is 0 Å². The molecule has 1 rings (SSSR count). The molecule has 1 aromatic rings. The number of carbonyl (C=O) groups is 1. The fourth-order valence-corrected chi connectivity index (χ4v) is 1.64. The summed E-state index contributed by atoms with van der Waals surface area (Å²) in [7, 11) is 0. The Morgan fingerprint density at radius 1 is 1.50 bits per heavy atom. The van der Waals surface area contributed by atoms with Crippen LogP contribution in [0.25, 0.3) is 0 Å². The Hall–Kier alpha value is -1.59. The molecule has 3 N–H and O–H groups in total. The zero-order chi connectivity index (χ0) is 13.5. The van der Waals surface area contributed by atoms with Gasteiger partial charge in [-0.15, -0.1) is 0 Å². The minimum absolute atomic E-state index is 0.174. The minimum Gasteiger partial charge on any atom is -0.493 e. The van der Waals surface area contributed by atoms with Crippen LogP contribution in [0.1, 0.15) is 24.2 Å². The smallest absolute Gasteiger partial charge is 0.317 e. The molecular weight excluding hydrogens is 234 g/mol. The monoisotopic (exact) mass is 253 g/mol. The van der Waals surface area contributed by atoms with E-state index < -0.39 is 12.1 Å². The number of nitrogens with one attached hydrogen (secondary N) is 1. The Morgan fingerprint density at radius 3 is 2.83 bits per heavy atom. The van der Waals surface area contributed by atoms with Crippen LogP contribution in [0.3, 0.4) is 0 Å². The Kier molecular flexibility index (Phi) is 5.61. The lowest BCUT2D eigenvalue weighted by Crippen LogP contribution is -2.27. The zero-order valence-corrected chi connectivity index (χ0v) is 10.6. The summed E-state index contributed by atoms with van der Waals surface area (Å²) >= 11 is 0. The molecule has 0 amide bonds. The highest BCUT2D eigenvalue weighted by molar-refractivity contribution is 5.69. The van der Waals surface area contributed by atoms with E-state index in [9.17, 15) is 9.90 Å². The summed E-state index contributed by atoms with van der Waals surface area (Å²) in [5, 5.41) is 21.2. The van der Waals surface area contributed by atoms with Crippen LogP contribution in [0.4, 0.5) is 0 Å². The number of aryl methyl sites for hydroxylation is 1. The van der Waals surface area contributed by atoms with Crippen molar-refractivity contribution in [1.29, 1.82) is 0 Å². The summed E-state index contributed by atoms with van der Waals surface area (Å²) in [5.74, 6) is -0.316. The lowest BCUT2D eigenvalue weighted by Gasteiger charge is -2.16. The second-order valence-corrected chi connectivity index (χ2v) is 4.01. The Balaban J connectivity index is 2.72. The fourth-order valence-electron chi connectivity index (χ4n) is 1.64. The molecule has 0 aliphatic rings. The van der Waals surface area contributed by atoms with Crippen molar-refractivity contribution in [2.24, 2.45) is 0 Å². The molecule has 1 aromatic carbocycles. The standard InChI is InChI=1S/C13H19NO4/c1-3-18-12-5-4-9(2)6-10(12)11(15)7-14-8-13(16)17/h4-6,11,14-15H,3,7-8H2,1-2H3,(H,16,17). The summed E-state index contributed by atoms with van der Waals surface area (Å²) in [4.78, 5) is 10.4. The SMILES string of the molecule is CCOc1ccc(C)cc1C(O)CNCC(=O)O. The van der Waals surface area contributed by atoms with Gasteiger partial charge in [-0.25, -0.2) is 0 Å². The highest BCUT2D eigenvalue weighted by Crippen LogP contribution is 2.26. The lowest BCUT2D eigenvalue weighted by atomic mass is 10.1. The average molecular weight is 253 g/mol. The van der Waals surface area contributed by atoms with Gasteiger partial charge in [0.25, 0.3) is 0 Å². The van der Waals surface area contributed by atoms with Crippen molar-refractivity contribution in [3.63, 3.8) is 0 Å². The average Bonchev–Trinajstić information content (AvgIpc) is 2.31. The first-order valence-corrected chi connectivity index (χ1v) is 5.88. The summed E-state index contributed by atoms with van der Waals surface area (Å²) in [6.07, 6.45) is -0.786. The number of carboxylic acid groups (broad SMARTS) is 1. The first-order valence-electron chi connectivity index (χ1n) is 5.88. The highest BCUT2D eigenvalue weighted by Gasteiger charge is 2.13. The first kappa shape index (κ1) is 14.5. The fraction of sp³-hybridized carbons (Fsp3) is 0.462. The summed E-state index contributed by atoms with van der Waals surface area (Å²) in [6, 6.07) is 5.57. The van der Waals surface area contributed by atoms with Crippen LogP contribution in [-0.4, -0.2) is 35.9 Å². The summed E-state index contributed by atoms with van der Waals surface area (Å²) < 4.78 is 5.44. The quantitative estimate of drug-likeness (QED) is 0.678. The van der Waals surface area contributed by atoms with Gasteiger partial charge in [0.2, 0.25) is 0 Å². The molecule has 5 nitrogen and oxygen atoms in total. The van der Waals surface area contributed by atoms with E-state index in [1.54, 1.807) is 0 Å². The molecule has 0 saturated heterocycles. The van der Waals surface area contributed by atoms with Crippen LogP contribution in [0.15, 0.2) is 18.2 Å². The van der Waals surface area contributed by atoms with Gasteiger partial charge in [-0.2, -0.15) is 0 Å². The van der Waals surface area contributed by atoms with Gasteiger partial charge >= 0.3 is 5.97 Å². The number of hydrogen-bond donors (Lipinski definition) is 3. The topological polar surface area (TPSA) is 78.8 Å². The van der Waals surface area contributed by atoms with E-state index in [1.165, 1.54) is 0 Å². The second-order valence-electron chi connectivity index (χ2n) is 4.01. The Bertz CT molecular complexity index is 406. The maximum Gasteiger partial charge on any atom is 0.317 e. The Morgan fingerprint density at radius 2 is 2.22 bits per heavy atom. The van der Waals surface area contributed by atoms with Crippen molar-refractivity contribution < 1.29 is 19.7 Å². The molecule has 0 saturated carbocycles. The van der Waals surface area contributed by atoms with Crippen molar-refractivity contribution in [1.82, 2.24) is 5.32 Å². The largest absolute Gasteiger partial charge is 0.493 e. The van der Waals surface area contributed by atoms with Crippen LogP contribution < -0.4 is 10.1 Å². The molecule has 18 heavy (non-hydrogen) atoms. The molecule has 1 unspecified atom stereocenters. The molecule has 0 bridgehead atoms. The molecule has 0 spiro atoms. The van der Waals surface area contributed by atoms with E-state index in [2.05, 4.69) is 5.32 Å². The molecule has 1 atom stereocenters. The van der Waals surface area contributed by atoms with Gasteiger partial charge in [0, 0.05) is 12.1 Å². The number of ether oxygens (including phenoxy) is 1. The molecular formula is C13H19NO4. The number of hydrogen-bond acceptors (Lipinski definition) is 4. The van der Waals surface area contributed by atoms with Crippen molar-refractivity contribution >= 4 is 5.97 Å². The van der Waals surface area contributed by atoms with Gasteiger partial charge in [-0.1, -0.05) is 11.6 Å². The van der Waals surface area contributed by atoms with E-state index in [0.717, 1.165) is 5.56 Å². The maximum atomic E-state index is 10.4. The third kappa shape index (κ3) is 4.35. The molecule has 0 aliphatic carbocycles. The highest BCUT2D eigenvalue weighted by atomic mass is 16.5. The van der Waals surface area contributed by atoms with Crippen molar-refractivity contribution in [3.05, 3.63) is 29.3 Å². The van der Waals surface area contributed by atoms with Crippen molar-refractivity contribution in [2.75, 3.05) is 19.7 Å². The minimum atomic E-state index is -0.948. The number of aliphatic hydroxyl groups is 1. The molecule has 100 valence electrons. The van der Waals surface area contributed by atoms with E-state index in [0.29, 0.717) is 17.9 Å². The van der Waals surface area contributed by atoms with Crippen LogP contribution in [-0.2, 0) is 4.79 Å². The molecule has 5 heteroatoms. The third-order valence-electron chi connectivity index (χ3n) is 2.44. The molecule has 0 aliphatic heterocycles. The van der Waals surface area contributed by atoms with Crippen LogP contribution in [0, 0.1) is 6.92 Å². The number of benzene rings is 1. The predicted molar refractivity (Wildman–Crippen MR) is 67.8 cm³/mol. The Labute approximate surface area is 106 Å². The van der Waals surface area contributed by atoms with Crippen LogP contribution >= 0.6 is 0 Å². The maximum absolute atomic E-state index is 10.4. The summed E-state index contributed by atoms with van der Waals surface area (Å²) in [5.41, 5.74) is 1.69. The predicted octanol–water partition coefficient (Wildman–Crippen LogP) is 1.10. The van der Waals surface area contributed by atoms with E-state index in [-0.39, 0.29) is 13.1 Å². The second kappa shape index (κ2) is 6.98. The van der Waals surface area contributed by atoms with Gasteiger partial charge in [-0.3, -0.25) is 4.79 Å². The summed E-state index contributed by atoms with van der Waals surface area (Å²) in [6.45, 7) is 4.32. The van der Waals surface area contributed by atoms with E-state index >= 15 is 0 Å². The van der Waals surface area contributed by atoms with Gasteiger partial charge in [-0.05, 0) is 26.0 Å². The molecule has 0 fully saturated rings. The number of aliphatic carboxylic acids is 1. The molecule has 0 aromatic heterocycles. The van der Waals surface area contributed by atoms with Crippen LogP contribution in [0.5, 0.6) is 5.75 Å². The third-order valence-corrected chi connectivity index (χ3v) is 2.44. The lowest BCUT2D eigenvalue weighted by molar-refractivity contribution is -0.136. The van der Waals surface area contributed by atoms with Crippen LogP contribution in [0.2, 0.25) is 0 Å². The normalized spacial score (nSPS) is 12.2. The number of carboxylic acids is 1. The van der Waals surface area contributed by atoms with E-state index in [1.807, 2.05) is 32.0 Å². The number of rotatable bonds is 7. The number of aliphatic hydroxyl groups excluding tert-OH is 1. The van der Waals surface area contributed by atoms with Gasteiger partial charge in [0.1, 0.15) is 5.75 Å². The first-order chi connectivity index (χ1) is 8.54.